The molecule has 5 aliphatic rings. The van der Waals surface area contributed by atoms with Crippen LogP contribution >= 0.6 is 0 Å². The fourth-order valence-corrected chi connectivity index (χ4v) is 14.5. The Labute approximate surface area is 442 Å². The zero-order valence-electron chi connectivity index (χ0n) is 46.2. The highest BCUT2D eigenvalue weighted by atomic mass is 15.2. The third kappa shape index (κ3) is 6.71. The van der Waals surface area contributed by atoms with Crippen molar-refractivity contribution in [1.82, 2.24) is 0 Å². The minimum Gasteiger partial charge on any atom is -0.311 e. The average molecular weight is 966 g/mol. The van der Waals surface area contributed by atoms with Gasteiger partial charge in [-0.2, -0.15) is 0 Å². The number of aryl methyl sites for hydroxylation is 3. The van der Waals surface area contributed by atoms with E-state index in [0.717, 1.165) is 18.5 Å². The van der Waals surface area contributed by atoms with Crippen LogP contribution in [0, 0.1) is 20.8 Å². The van der Waals surface area contributed by atoms with Crippen molar-refractivity contribution in [1.29, 1.82) is 0 Å². The standard InChI is InChI=1S/C70H72BN3/c1-43-37-62-65-63(38-43)74(59-28-20-25-51-64(59)48-23-16-17-24-49(48)70(51,12)13)60-40-47(72(57-26-18-14-21-44(57)2)58-27-19-15-22-45(58)3)30-32-55(60)71(65)56-41-53-54(69(10,11)36-35-68(53,8)9)42-61(56)73(62)46-29-31-50-52(39-46)67(6,7)34-33-66(50,4)5/h14-32,37-42H,33-36H2,1-13H3. The van der Waals surface area contributed by atoms with Gasteiger partial charge in [0.2, 0.25) is 0 Å². The third-order valence-corrected chi connectivity index (χ3v) is 19.1. The molecule has 2 heterocycles. The molecule has 4 heteroatoms. The van der Waals surface area contributed by atoms with E-state index in [4.69, 9.17) is 0 Å². The van der Waals surface area contributed by atoms with Crippen LogP contribution in [0.25, 0.3) is 11.1 Å². The van der Waals surface area contributed by atoms with Crippen molar-refractivity contribution in [3.63, 3.8) is 0 Å². The molecule has 8 aromatic carbocycles. The molecule has 0 radical (unpaired) electrons. The summed E-state index contributed by atoms with van der Waals surface area (Å²) in [5.74, 6) is 0. The number of anilines is 9. The van der Waals surface area contributed by atoms with Crippen LogP contribution in [0.2, 0.25) is 0 Å². The topological polar surface area (TPSA) is 9.72 Å². The number of hydrogen-bond donors (Lipinski definition) is 0. The van der Waals surface area contributed by atoms with Gasteiger partial charge in [-0.1, -0.05) is 160 Å². The minimum atomic E-state index is -0.159. The van der Waals surface area contributed by atoms with Gasteiger partial charge in [-0.15, -0.1) is 0 Å². The van der Waals surface area contributed by atoms with Crippen molar-refractivity contribution in [2.24, 2.45) is 0 Å². The summed E-state index contributed by atoms with van der Waals surface area (Å²) < 4.78 is 0. The molecule has 13 rings (SSSR count). The lowest BCUT2D eigenvalue weighted by Crippen LogP contribution is -2.62. The van der Waals surface area contributed by atoms with Gasteiger partial charge in [-0.05, 0) is 201 Å². The summed E-state index contributed by atoms with van der Waals surface area (Å²) in [7, 11) is 0. The molecule has 0 saturated carbocycles. The van der Waals surface area contributed by atoms with E-state index in [9.17, 15) is 0 Å². The van der Waals surface area contributed by atoms with E-state index in [2.05, 4.69) is 256 Å². The number of nitrogens with zero attached hydrogens (tertiary/aromatic N) is 3. The molecule has 0 bridgehead atoms. The fourth-order valence-electron chi connectivity index (χ4n) is 14.5. The van der Waals surface area contributed by atoms with Gasteiger partial charge in [-0.25, -0.2) is 0 Å². The first-order chi connectivity index (χ1) is 35.2. The van der Waals surface area contributed by atoms with Gasteiger partial charge < -0.3 is 14.7 Å². The molecule has 0 amide bonds. The second-order valence-electron chi connectivity index (χ2n) is 26.1. The van der Waals surface area contributed by atoms with E-state index in [1.807, 2.05) is 0 Å². The number of fused-ring (bicyclic) bond motifs is 9. The van der Waals surface area contributed by atoms with Gasteiger partial charge in [0.15, 0.2) is 0 Å². The Morgan fingerprint density at radius 1 is 0.405 bits per heavy atom. The van der Waals surface area contributed by atoms with Crippen LogP contribution in [0.15, 0.2) is 152 Å². The van der Waals surface area contributed by atoms with Crippen molar-refractivity contribution in [3.8, 4) is 11.1 Å². The molecular formula is C70H72BN3. The highest BCUT2D eigenvalue weighted by Gasteiger charge is 2.48. The lowest BCUT2D eigenvalue weighted by atomic mass is 9.33. The minimum absolute atomic E-state index is 0.0165. The number of rotatable bonds is 5. The highest BCUT2D eigenvalue weighted by Crippen LogP contribution is 2.57. The van der Waals surface area contributed by atoms with Crippen molar-refractivity contribution in [2.75, 3.05) is 14.7 Å². The molecule has 3 nitrogen and oxygen atoms in total. The van der Waals surface area contributed by atoms with Crippen molar-refractivity contribution >= 4 is 74.3 Å². The molecule has 370 valence electrons. The first kappa shape index (κ1) is 47.0. The molecule has 0 saturated heterocycles. The van der Waals surface area contributed by atoms with E-state index >= 15 is 0 Å². The average Bonchev–Trinajstić information content (AvgIpc) is 3.63. The van der Waals surface area contributed by atoms with Gasteiger partial charge >= 0.3 is 0 Å². The summed E-state index contributed by atoms with van der Waals surface area (Å²) in [6.45, 7) is 31.4. The van der Waals surface area contributed by atoms with E-state index in [1.54, 1.807) is 0 Å². The summed E-state index contributed by atoms with van der Waals surface area (Å²) in [5, 5.41) is 0. The van der Waals surface area contributed by atoms with Crippen LogP contribution in [0.5, 0.6) is 0 Å². The van der Waals surface area contributed by atoms with E-state index < -0.39 is 0 Å². The van der Waals surface area contributed by atoms with Gasteiger partial charge in [0.25, 0.3) is 6.71 Å². The number of benzene rings is 8. The molecule has 0 atom stereocenters. The predicted molar refractivity (Wildman–Crippen MR) is 317 cm³/mol. The zero-order valence-corrected chi connectivity index (χ0v) is 46.2. The van der Waals surface area contributed by atoms with E-state index in [0.29, 0.717) is 0 Å². The first-order valence-electron chi connectivity index (χ1n) is 27.6. The Balaban J connectivity index is 1.15. The lowest BCUT2D eigenvalue weighted by Gasteiger charge is -2.48. The van der Waals surface area contributed by atoms with Crippen LogP contribution < -0.4 is 31.1 Å². The van der Waals surface area contributed by atoms with Crippen LogP contribution in [-0.4, -0.2) is 6.71 Å². The summed E-state index contributed by atoms with van der Waals surface area (Å²) in [6, 6.07) is 59.4. The summed E-state index contributed by atoms with van der Waals surface area (Å²) >= 11 is 0. The van der Waals surface area contributed by atoms with E-state index in [1.165, 1.54) is 136 Å². The van der Waals surface area contributed by atoms with Gasteiger partial charge in [0.1, 0.15) is 0 Å². The van der Waals surface area contributed by atoms with Crippen molar-refractivity contribution < 1.29 is 0 Å². The second kappa shape index (κ2) is 15.9. The Morgan fingerprint density at radius 3 is 1.59 bits per heavy atom. The number of hydrogen-bond acceptors (Lipinski definition) is 3. The normalized spacial score (nSPS) is 18.3. The van der Waals surface area contributed by atoms with Gasteiger partial charge in [0.05, 0.1) is 5.69 Å². The number of para-hydroxylation sites is 2. The maximum Gasteiger partial charge on any atom is 0.252 e. The Morgan fingerprint density at radius 2 is 0.946 bits per heavy atom. The summed E-state index contributed by atoms with van der Waals surface area (Å²) in [6.07, 6.45) is 4.69. The fraction of sp³-hybridized carbons (Fsp3) is 0.314. The monoisotopic (exact) mass is 966 g/mol. The molecule has 0 spiro atoms. The van der Waals surface area contributed by atoms with Crippen LogP contribution in [0.3, 0.4) is 0 Å². The van der Waals surface area contributed by atoms with Crippen LogP contribution in [0.4, 0.5) is 51.2 Å². The smallest absolute Gasteiger partial charge is 0.252 e. The first-order valence-corrected chi connectivity index (χ1v) is 27.6. The third-order valence-electron chi connectivity index (χ3n) is 19.1. The second-order valence-corrected chi connectivity index (χ2v) is 26.1. The van der Waals surface area contributed by atoms with Crippen molar-refractivity contribution in [3.05, 3.63) is 202 Å². The summed E-state index contributed by atoms with van der Waals surface area (Å²) in [5.41, 5.74) is 30.4. The molecule has 0 aromatic heterocycles. The molecule has 3 aliphatic carbocycles. The van der Waals surface area contributed by atoms with Crippen LogP contribution in [0.1, 0.15) is 145 Å². The maximum atomic E-state index is 2.71. The maximum absolute atomic E-state index is 2.71. The molecule has 0 unspecified atom stereocenters. The quantitative estimate of drug-likeness (QED) is 0.159. The molecule has 0 fully saturated rings. The lowest BCUT2D eigenvalue weighted by molar-refractivity contribution is 0.332. The van der Waals surface area contributed by atoms with Crippen LogP contribution in [-0.2, 0) is 27.1 Å². The Kier molecular flexibility index (Phi) is 10.1. The van der Waals surface area contributed by atoms with Gasteiger partial charge in [-0.3, -0.25) is 0 Å². The predicted octanol–water partition coefficient (Wildman–Crippen LogP) is 17.2. The van der Waals surface area contributed by atoms with Crippen molar-refractivity contribution in [2.45, 2.75) is 143 Å². The molecule has 8 aromatic rings. The molecular weight excluding hydrogens is 894 g/mol. The summed E-state index contributed by atoms with van der Waals surface area (Å²) in [4.78, 5) is 7.90. The highest BCUT2D eigenvalue weighted by molar-refractivity contribution is 7.00. The molecule has 2 aliphatic heterocycles. The molecule has 0 N–H and O–H groups in total. The Bertz CT molecular complexity index is 3630. The zero-order chi connectivity index (χ0) is 51.6. The van der Waals surface area contributed by atoms with Gasteiger partial charge in [0, 0.05) is 56.5 Å². The Hall–Kier alpha value is -6.78. The largest absolute Gasteiger partial charge is 0.311 e. The SMILES string of the molecule is Cc1cc2c3c(c1)N(c1cccc4c1-c1ccccc1C4(C)C)c1cc(N(c4ccccc4C)c4ccccc4C)ccc1B3c1cc3c(cc1N2c1ccc2c(c1)C(C)(C)CCC2(C)C)C(C)(C)CCC3(C)C. The van der Waals surface area contributed by atoms with E-state index in [-0.39, 0.29) is 33.8 Å². The molecule has 74 heavy (non-hydrogen) atoms.